The van der Waals surface area contributed by atoms with E-state index in [4.69, 9.17) is 0 Å². The number of ketones is 1. The number of carbonyl (C=O) groups is 1. The lowest BCUT2D eigenvalue weighted by molar-refractivity contribution is 0.101. The molecule has 2 aromatic rings. The van der Waals surface area contributed by atoms with Gasteiger partial charge in [-0.1, -0.05) is 30.3 Å². The lowest BCUT2D eigenvalue weighted by atomic mass is 10.1. The highest BCUT2D eigenvalue weighted by molar-refractivity contribution is 7.89. The second kappa shape index (κ2) is 6.81. The fourth-order valence-electron chi connectivity index (χ4n) is 1.99. The predicted molar refractivity (Wildman–Crippen MR) is 81.7 cm³/mol. The lowest BCUT2D eigenvalue weighted by Crippen LogP contribution is -2.26. The van der Waals surface area contributed by atoms with Crippen LogP contribution in [-0.4, -0.2) is 20.7 Å². The largest absolute Gasteiger partial charge is 0.295 e. The predicted octanol–water partition coefficient (Wildman–Crippen LogP) is 2.55. The Hall–Kier alpha value is -2.05. The van der Waals surface area contributed by atoms with Gasteiger partial charge < -0.3 is 0 Å². The monoisotopic (exact) mass is 321 g/mol. The molecule has 0 spiro atoms. The van der Waals surface area contributed by atoms with E-state index in [1.54, 1.807) is 24.3 Å². The van der Waals surface area contributed by atoms with E-state index in [0.29, 0.717) is 11.1 Å². The Morgan fingerprint density at radius 2 is 1.86 bits per heavy atom. The molecular weight excluding hydrogens is 305 g/mol. The van der Waals surface area contributed by atoms with Crippen molar-refractivity contribution in [2.24, 2.45) is 0 Å². The summed E-state index contributed by atoms with van der Waals surface area (Å²) in [7, 11) is -3.72. The summed E-state index contributed by atoms with van der Waals surface area (Å²) < 4.78 is 40.2. The summed E-state index contributed by atoms with van der Waals surface area (Å²) in [5.41, 5.74) is 0.777. The fourth-order valence-corrected chi connectivity index (χ4v) is 3.06. The molecule has 0 bridgehead atoms. The summed E-state index contributed by atoms with van der Waals surface area (Å²) in [6, 6.07) is 12.0. The molecule has 1 N–H and O–H groups in total. The molecule has 6 heteroatoms. The van der Waals surface area contributed by atoms with Crippen LogP contribution in [0.25, 0.3) is 0 Å². The van der Waals surface area contributed by atoms with Crippen LogP contribution in [0.2, 0.25) is 0 Å². The maximum absolute atomic E-state index is 13.5. The first-order valence-corrected chi connectivity index (χ1v) is 8.22. The Morgan fingerprint density at radius 3 is 2.55 bits per heavy atom. The number of hydrogen-bond donors (Lipinski definition) is 1. The van der Waals surface area contributed by atoms with E-state index in [-0.39, 0.29) is 29.5 Å². The third kappa shape index (κ3) is 3.99. The normalized spacial score (nSPS) is 11.4. The zero-order valence-corrected chi connectivity index (χ0v) is 12.9. The second-order valence-electron chi connectivity index (χ2n) is 4.82. The highest BCUT2D eigenvalue weighted by atomic mass is 32.2. The Balaban J connectivity index is 2.07. The average Bonchev–Trinajstić information content (AvgIpc) is 2.49. The SMILES string of the molecule is CC(=O)c1cccc(S(=O)(=O)NCCc2ccccc2F)c1. The molecule has 0 fully saturated rings. The molecule has 0 aliphatic carbocycles. The maximum atomic E-state index is 13.5. The van der Waals surface area contributed by atoms with Crippen LogP contribution >= 0.6 is 0 Å². The first kappa shape index (κ1) is 16.3. The molecule has 22 heavy (non-hydrogen) atoms. The fraction of sp³-hybridized carbons (Fsp3) is 0.188. The van der Waals surface area contributed by atoms with Crippen molar-refractivity contribution in [1.82, 2.24) is 4.72 Å². The van der Waals surface area contributed by atoms with Gasteiger partial charge in [-0.05, 0) is 37.1 Å². The van der Waals surface area contributed by atoms with Gasteiger partial charge in [0.15, 0.2) is 5.78 Å². The molecule has 0 amide bonds. The van der Waals surface area contributed by atoms with Gasteiger partial charge in [0.25, 0.3) is 0 Å². The van der Waals surface area contributed by atoms with E-state index in [0.717, 1.165) is 0 Å². The molecule has 4 nitrogen and oxygen atoms in total. The van der Waals surface area contributed by atoms with E-state index in [1.807, 2.05) is 0 Å². The van der Waals surface area contributed by atoms with Crippen molar-refractivity contribution >= 4 is 15.8 Å². The van der Waals surface area contributed by atoms with Gasteiger partial charge in [-0.3, -0.25) is 4.79 Å². The van der Waals surface area contributed by atoms with E-state index < -0.39 is 10.0 Å². The molecule has 0 unspecified atom stereocenters. The van der Waals surface area contributed by atoms with Gasteiger partial charge in [-0.2, -0.15) is 0 Å². The van der Waals surface area contributed by atoms with E-state index >= 15 is 0 Å². The second-order valence-corrected chi connectivity index (χ2v) is 6.59. The van der Waals surface area contributed by atoms with Gasteiger partial charge in [-0.25, -0.2) is 17.5 Å². The topological polar surface area (TPSA) is 63.2 Å². The molecule has 0 saturated heterocycles. The van der Waals surface area contributed by atoms with Crippen LogP contribution in [0.5, 0.6) is 0 Å². The number of hydrogen-bond acceptors (Lipinski definition) is 3. The molecule has 0 saturated carbocycles. The number of nitrogens with one attached hydrogen (secondary N) is 1. The summed E-state index contributed by atoms with van der Waals surface area (Å²) in [5, 5.41) is 0. The molecule has 0 radical (unpaired) electrons. The number of carbonyl (C=O) groups excluding carboxylic acids is 1. The standard InChI is InChI=1S/C16H16FNO3S/c1-12(19)14-6-4-7-15(11-14)22(20,21)18-10-9-13-5-2-3-8-16(13)17/h2-8,11,18H,9-10H2,1H3. The Labute approximate surface area is 129 Å². The number of benzene rings is 2. The van der Waals surface area contributed by atoms with Crippen molar-refractivity contribution in [2.75, 3.05) is 6.54 Å². The van der Waals surface area contributed by atoms with Crippen LogP contribution in [0, 0.1) is 5.82 Å². The van der Waals surface area contributed by atoms with Crippen LogP contribution in [0.15, 0.2) is 53.4 Å². The molecular formula is C16H16FNO3S. The number of Topliss-reactive ketones (excluding diaryl/α,β-unsaturated/α-hetero) is 1. The lowest BCUT2D eigenvalue weighted by Gasteiger charge is -2.08. The number of rotatable bonds is 6. The highest BCUT2D eigenvalue weighted by Gasteiger charge is 2.15. The Morgan fingerprint density at radius 1 is 1.14 bits per heavy atom. The molecule has 0 heterocycles. The number of sulfonamides is 1. The summed E-state index contributed by atoms with van der Waals surface area (Å²) in [5.74, 6) is -0.566. The zero-order valence-electron chi connectivity index (χ0n) is 12.0. The molecule has 0 aromatic heterocycles. The highest BCUT2D eigenvalue weighted by Crippen LogP contribution is 2.12. The van der Waals surface area contributed by atoms with Gasteiger partial charge in [0.05, 0.1) is 4.90 Å². The molecule has 0 aliphatic rings. The van der Waals surface area contributed by atoms with E-state index in [9.17, 15) is 17.6 Å². The molecule has 0 aliphatic heterocycles. The van der Waals surface area contributed by atoms with Crippen molar-refractivity contribution < 1.29 is 17.6 Å². The minimum Gasteiger partial charge on any atom is -0.295 e. The molecule has 0 atom stereocenters. The van der Waals surface area contributed by atoms with Crippen LogP contribution in [0.4, 0.5) is 4.39 Å². The summed E-state index contributed by atoms with van der Waals surface area (Å²) in [6.45, 7) is 1.45. The maximum Gasteiger partial charge on any atom is 0.240 e. The van der Waals surface area contributed by atoms with Crippen molar-refractivity contribution in [2.45, 2.75) is 18.2 Å². The van der Waals surface area contributed by atoms with Crippen LogP contribution in [0.3, 0.4) is 0 Å². The van der Waals surface area contributed by atoms with Crippen molar-refractivity contribution in [3.05, 3.63) is 65.5 Å². The summed E-state index contributed by atoms with van der Waals surface area (Å²) in [4.78, 5) is 11.3. The average molecular weight is 321 g/mol. The summed E-state index contributed by atoms with van der Waals surface area (Å²) >= 11 is 0. The number of halogens is 1. The van der Waals surface area contributed by atoms with Gasteiger partial charge in [-0.15, -0.1) is 0 Å². The molecule has 2 rings (SSSR count). The Bertz CT molecular complexity index is 787. The van der Waals surface area contributed by atoms with Crippen LogP contribution in [0.1, 0.15) is 22.8 Å². The Kier molecular flexibility index (Phi) is 5.05. The molecule has 116 valence electrons. The summed E-state index contributed by atoms with van der Waals surface area (Å²) in [6.07, 6.45) is 0.248. The van der Waals surface area contributed by atoms with Crippen LogP contribution < -0.4 is 4.72 Å². The van der Waals surface area contributed by atoms with Crippen molar-refractivity contribution in [3.63, 3.8) is 0 Å². The van der Waals surface area contributed by atoms with Crippen molar-refractivity contribution in [1.29, 1.82) is 0 Å². The van der Waals surface area contributed by atoms with Gasteiger partial charge >= 0.3 is 0 Å². The van der Waals surface area contributed by atoms with Gasteiger partial charge in [0.2, 0.25) is 10.0 Å². The van der Waals surface area contributed by atoms with Crippen LogP contribution in [-0.2, 0) is 16.4 Å². The van der Waals surface area contributed by atoms with E-state index in [1.165, 1.54) is 31.2 Å². The van der Waals surface area contributed by atoms with Gasteiger partial charge in [0, 0.05) is 12.1 Å². The molecule has 2 aromatic carbocycles. The first-order valence-electron chi connectivity index (χ1n) is 6.74. The third-order valence-electron chi connectivity index (χ3n) is 3.20. The third-order valence-corrected chi connectivity index (χ3v) is 4.65. The van der Waals surface area contributed by atoms with Gasteiger partial charge in [0.1, 0.15) is 5.82 Å². The minimum atomic E-state index is -3.72. The van der Waals surface area contributed by atoms with E-state index in [2.05, 4.69) is 4.72 Å². The smallest absolute Gasteiger partial charge is 0.240 e. The first-order chi connectivity index (χ1) is 10.4. The minimum absolute atomic E-state index is 0.0220. The van der Waals surface area contributed by atoms with Crippen molar-refractivity contribution in [3.8, 4) is 0 Å². The quantitative estimate of drug-likeness (QED) is 0.832. The zero-order chi connectivity index (χ0) is 16.2.